The SMILES string of the molecule is CCC1CCCCC1OC1CCCCCC1NC. The lowest BCUT2D eigenvalue weighted by Gasteiger charge is -2.36. The molecule has 4 unspecified atom stereocenters. The van der Waals surface area contributed by atoms with Crippen molar-refractivity contribution in [3.8, 4) is 0 Å². The molecule has 2 heteroatoms. The zero-order valence-corrected chi connectivity index (χ0v) is 12.3. The minimum Gasteiger partial charge on any atom is -0.373 e. The third-order valence-electron chi connectivity index (χ3n) is 5.04. The predicted molar refractivity (Wildman–Crippen MR) is 76.8 cm³/mol. The number of hydrogen-bond acceptors (Lipinski definition) is 2. The molecule has 2 rings (SSSR count). The second kappa shape index (κ2) is 7.49. The average molecular weight is 253 g/mol. The Balaban J connectivity index is 1.91. The summed E-state index contributed by atoms with van der Waals surface area (Å²) >= 11 is 0. The van der Waals surface area contributed by atoms with Gasteiger partial charge in [0, 0.05) is 6.04 Å². The van der Waals surface area contributed by atoms with Gasteiger partial charge >= 0.3 is 0 Å². The summed E-state index contributed by atoms with van der Waals surface area (Å²) < 4.78 is 6.56. The number of rotatable bonds is 4. The number of ether oxygens (including phenoxy) is 1. The highest BCUT2D eigenvalue weighted by Gasteiger charge is 2.30. The Morgan fingerprint density at radius 3 is 2.33 bits per heavy atom. The van der Waals surface area contributed by atoms with Crippen LogP contribution in [0.2, 0.25) is 0 Å². The van der Waals surface area contributed by atoms with E-state index >= 15 is 0 Å². The molecule has 4 atom stereocenters. The van der Waals surface area contributed by atoms with Gasteiger partial charge in [-0.2, -0.15) is 0 Å². The highest BCUT2D eigenvalue weighted by atomic mass is 16.5. The van der Waals surface area contributed by atoms with Gasteiger partial charge in [0.05, 0.1) is 12.2 Å². The van der Waals surface area contributed by atoms with Gasteiger partial charge in [0.2, 0.25) is 0 Å². The van der Waals surface area contributed by atoms with Crippen molar-refractivity contribution >= 4 is 0 Å². The lowest BCUT2D eigenvalue weighted by atomic mass is 9.84. The maximum absolute atomic E-state index is 6.56. The third-order valence-corrected chi connectivity index (χ3v) is 5.04. The molecular formula is C16H31NO. The van der Waals surface area contributed by atoms with Crippen molar-refractivity contribution in [1.29, 1.82) is 0 Å². The summed E-state index contributed by atoms with van der Waals surface area (Å²) in [4.78, 5) is 0. The van der Waals surface area contributed by atoms with Gasteiger partial charge in [0.1, 0.15) is 0 Å². The van der Waals surface area contributed by atoms with Crippen LogP contribution in [0.1, 0.15) is 71.1 Å². The molecule has 2 fully saturated rings. The highest BCUT2D eigenvalue weighted by molar-refractivity contribution is 4.83. The van der Waals surface area contributed by atoms with Crippen LogP contribution in [0, 0.1) is 5.92 Å². The average Bonchev–Trinajstić information content (AvgIpc) is 2.64. The van der Waals surface area contributed by atoms with E-state index in [1.165, 1.54) is 64.2 Å². The number of likely N-dealkylation sites (N-methyl/N-ethyl adjacent to an activating group) is 1. The molecule has 106 valence electrons. The second-order valence-electron chi connectivity index (χ2n) is 6.20. The molecule has 0 saturated heterocycles. The van der Waals surface area contributed by atoms with Crippen molar-refractivity contribution in [3.05, 3.63) is 0 Å². The summed E-state index contributed by atoms with van der Waals surface area (Å²) in [5.41, 5.74) is 0. The first-order valence-electron chi connectivity index (χ1n) is 8.18. The Morgan fingerprint density at radius 1 is 0.889 bits per heavy atom. The van der Waals surface area contributed by atoms with E-state index in [0.717, 1.165) is 5.92 Å². The van der Waals surface area contributed by atoms with E-state index in [-0.39, 0.29) is 0 Å². The smallest absolute Gasteiger partial charge is 0.0731 e. The van der Waals surface area contributed by atoms with E-state index in [4.69, 9.17) is 4.74 Å². The van der Waals surface area contributed by atoms with Gasteiger partial charge in [-0.05, 0) is 38.6 Å². The largest absolute Gasteiger partial charge is 0.373 e. The summed E-state index contributed by atoms with van der Waals surface area (Å²) in [5, 5.41) is 3.49. The summed E-state index contributed by atoms with van der Waals surface area (Å²) in [7, 11) is 2.10. The van der Waals surface area contributed by atoms with Gasteiger partial charge < -0.3 is 10.1 Å². The molecular weight excluding hydrogens is 222 g/mol. The molecule has 2 saturated carbocycles. The van der Waals surface area contributed by atoms with Crippen molar-refractivity contribution in [1.82, 2.24) is 5.32 Å². The van der Waals surface area contributed by atoms with Crippen LogP contribution in [0.25, 0.3) is 0 Å². The van der Waals surface area contributed by atoms with E-state index in [2.05, 4.69) is 19.3 Å². The zero-order valence-electron chi connectivity index (χ0n) is 12.3. The number of hydrogen-bond donors (Lipinski definition) is 1. The lowest BCUT2D eigenvalue weighted by molar-refractivity contribution is -0.0757. The van der Waals surface area contributed by atoms with Crippen LogP contribution in [0.3, 0.4) is 0 Å². The van der Waals surface area contributed by atoms with Crippen molar-refractivity contribution in [2.75, 3.05) is 7.05 Å². The Bertz CT molecular complexity index is 231. The maximum Gasteiger partial charge on any atom is 0.0731 e. The molecule has 0 aromatic rings. The van der Waals surface area contributed by atoms with E-state index in [1.807, 2.05) is 0 Å². The van der Waals surface area contributed by atoms with E-state index < -0.39 is 0 Å². The molecule has 0 spiro atoms. The molecule has 0 heterocycles. The van der Waals surface area contributed by atoms with Gasteiger partial charge in [0.15, 0.2) is 0 Å². The molecule has 18 heavy (non-hydrogen) atoms. The van der Waals surface area contributed by atoms with Gasteiger partial charge in [-0.3, -0.25) is 0 Å². The van der Waals surface area contributed by atoms with Crippen molar-refractivity contribution in [2.45, 2.75) is 89.4 Å². The van der Waals surface area contributed by atoms with Gasteiger partial charge in [-0.15, -0.1) is 0 Å². The predicted octanol–water partition coefficient (Wildman–Crippen LogP) is 3.89. The molecule has 0 radical (unpaired) electrons. The Hall–Kier alpha value is -0.0800. The summed E-state index contributed by atoms with van der Waals surface area (Å²) in [6.07, 6.45) is 14.4. The molecule has 2 aliphatic carbocycles. The highest BCUT2D eigenvalue weighted by Crippen LogP contribution is 2.32. The number of nitrogens with one attached hydrogen (secondary N) is 1. The normalized spacial score (nSPS) is 38.3. The molecule has 1 N–H and O–H groups in total. The topological polar surface area (TPSA) is 21.3 Å². The Kier molecular flexibility index (Phi) is 5.97. The van der Waals surface area contributed by atoms with Crippen LogP contribution in [0.15, 0.2) is 0 Å². The van der Waals surface area contributed by atoms with Crippen LogP contribution in [0.5, 0.6) is 0 Å². The fourth-order valence-corrected chi connectivity index (χ4v) is 3.81. The minimum absolute atomic E-state index is 0.467. The third kappa shape index (κ3) is 3.71. The van der Waals surface area contributed by atoms with Crippen LogP contribution >= 0.6 is 0 Å². The first kappa shape index (κ1) is 14.3. The minimum atomic E-state index is 0.467. The summed E-state index contributed by atoms with van der Waals surface area (Å²) in [5.74, 6) is 0.819. The maximum atomic E-state index is 6.56. The first-order valence-corrected chi connectivity index (χ1v) is 8.18. The van der Waals surface area contributed by atoms with Gasteiger partial charge in [-0.1, -0.05) is 45.4 Å². The van der Waals surface area contributed by atoms with Crippen LogP contribution in [-0.4, -0.2) is 25.3 Å². The molecule has 0 amide bonds. The molecule has 0 aromatic carbocycles. The van der Waals surface area contributed by atoms with Crippen molar-refractivity contribution in [2.24, 2.45) is 5.92 Å². The standard InChI is InChI=1S/C16H31NO/c1-3-13-9-7-8-11-15(13)18-16-12-6-4-5-10-14(16)17-2/h13-17H,3-12H2,1-2H3. The van der Waals surface area contributed by atoms with E-state index in [9.17, 15) is 0 Å². The molecule has 0 bridgehead atoms. The van der Waals surface area contributed by atoms with Crippen LogP contribution in [-0.2, 0) is 4.74 Å². The van der Waals surface area contributed by atoms with Crippen LogP contribution in [0.4, 0.5) is 0 Å². The lowest BCUT2D eigenvalue weighted by Crippen LogP contribution is -2.42. The van der Waals surface area contributed by atoms with Gasteiger partial charge in [-0.25, -0.2) is 0 Å². The van der Waals surface area contributed by atoms with Crippen molar-refractivity contribution < 1.29 is 4.74 Å². The fraction of sp³-hybridized carbons (Fsp3) is 1.00. The Morgan fingerprint density at radius 2 is 1.56 bits per heavy atom. The molecule has 0 aromatic heterocycles. The monoisotopic (exact) mass is 253 g/mol. The van der Waals surface area contributed by atoms with Crippen molar-refractivity contribution in [3.63, 3.8) is 0 Å². The molecule has 2 nitrogen and oxygen atoms in total. The second-order valence-corrected chi connectivity index (χ2v) is 6.20. The van der Waals surface area contributed by atoms with Gasteiger partial charge in [0.25, 0.3) is 0 Å². The fourth-order valence-electron chi connectivity index (χ4n) is 3.81. The van der Waals surface area contributed by atoms with E-state index in [1.54, 1.807) is 0 Å². The molecule has 2 aliphatic rings. The van der Waals surface area contributed by atoms with Crippen LogP contribution < -0.4 is 5.32 Å². The Labute approximate surface area is 113 Å². The summed E-state index contributed by atoms with van der Waals surface area (Å²) in [6, 6.07) is 0.590. The first-order chi connectivity index (χ1) is 8.85. The zero-order chi connectivity index (χ0) is 12.8. The van der Waals surface area contributed by atoms with E-state index in [0.29, 0.717) is 18.2 Å². The molecule has 0 aliphatic heterocycles. The summed E-state index contributed by atoms with van der Waals surface area (Å²) in [6.45, 7) is 2.33. The quantitative estimate of drug-likeness (QED) is 0.767.